The first kappa shape index (κ1) is 10.8. The summed E-state index contributed by atoms with van der Waals surface area (Å²) < 4.78 is 13.1. The van der Waals surface area contributed by atoms with Gasteiger partial charge in [-0.1, -0.05) is 23.7 Å². The number of hydrogen-bond acceptors (Lipinski definition) is 1. The van der Waals surface area contributed by atoms with Gasteiger partial charge in [0.1, 0.15) is 5.82 Å². The van der Waals surface area contributed by atoms with E-state index in [1.807, 2.05) is 0 Å². The number of aldehydes is 1. The maximum Gasteiger partial charge on any atom is 0.150 e. The van der Waals surface area contributed by atoms with Gasteiger partial charge in [-0.2, -0.15) is 0 Å². The highest BCUT2D eigenvalue weighted by atomic mass is 35.5. The highest BCUT2D eigenvalue weighted by Gasteiger charge is 2.06. The van der Waals surface area contributed by atoms with Crippen molar-refractivity contribution < 1.29 is 9.18 Å². The molecule has 3 heteroatoms. The topological polar surface area (TPSA) is 17.1 Å². The maximum absolute atomic E-state index is 13.1. The fourth-order valence-corrected chi connectivity index (χ4v) is 1.73. The van der Waals surface area contributed by atoms with Crippen LogP contribution in [0.1, 0.15) is 10.4 Å². The van der Waals surface area contributed by atoms with Gasteiger partial charge in [-0.3, -0.25) is 4.79 Å². The summed E-state index contributed by atoms with van der Waals surface area (Å²) in [5.41, 5.74) is 1.73. The Labute approximate surface area is 97.5 Å². The SMILES string of the molecule is O=Cc1ccc(F)cc1-c1cccc(Cl)c1. The van der Waals surface area contributed by atoms with Crippen LogP contribution in [0.2, 0.25) is 5.02 Å². The molecule has 0 heterocycles. The molecule has 0 radical (unpaired) electrons. The van der Waals surface area contributed by atoms with Crippen molar-refractivity contribution in [3.8, 4) is 11.1 Å². The highest BCUT2D eigenvalue weighted by Crippen LogP contribution is 2.26. The van der Waals surface area contributed by atoms with E-state index in [1.165, 1.54) is 18.2 Å². The molecule has 0 atom stereocenters. The Kier molecular flexibility index (Phi) is 3.02. The van der Waals surface area contributed by atoms with Gasteiger partial charge >= 0.3 is 0 Å². The molecule has 0 bridgehead atoms. The smallest absolute Gasteiger partial charge is 0.150 e. The summed E-state index contributed by atoms with van der Waals surface area (Å²) in [5, 5.41) is 0.554. The van der Waals surface area contributed by atoms with Crippen molar-refractivity contribution in [1.82, 2.24) is 0 Å². The van der Waals surface area contributed by atoms with Crippen LogP contribution in [0, 0.1) is 5.82 Å². The molecule has 1 nitrogen and oxygen atoms in total. The molecule has 2 rings (SSSR count). The molecule has 2 aromatic carbocycles. The van der Waals surface area contributed by atoms with E-state index in [0.29, 0.717) is 22.4 Å². The molecule has 0 aromatic heterocycles. The van der Waals surface area contributed by atoms with Gasteiger partial charge in [0.25, 0.3) is 0 Å². The third-order valence-electron chi connectivity index (χ3n) is 2.28. The number of carbonyl (C=O) groups excluding carboxylic acids is 1. The minimum absolute atomic E-state index is 0.374. The lowest BCUT2D eigenvalue weighted by Gasteiger charge is -2.05. The predicted octanol–water partition coefficient (Wildman–Crippen LogP) is 3.96. The lowest BCUT2D eigenvalue weighted by molar-refractivity contribution is 0.112. The third-order valence-corrected chi connectivity index (χ3v) is 2.51. The first-order valence-electron chi connectivity index (χ1n) is 4.71. The third kappa shape index (κ3) is 2.12. The second-order valence-corrected chi connectivity index (χ2v) is 3.80. The largest absolute Gasteiger partial charge is 0.298 e. The molecular formula is C13H8ClFO. The van der Waals surface area contributed by atoms with Gasteiger partial charge in [0.15, 0.2) is 6.29 Å². The van der Waals surface area contributed by atoms with E-state index in [-0.39, 0.29) is 5.82 Å². The summed E-state index contributed by atoms with van der Waals surface area (Å²) in [4.78, 5) is 10.8. The predicted molar refractivity (Wildman–Crippen MR) is 62.2 cm³/mol. The minimum atomic E-state index is -0.374. The van der Waals surface area contributed by atoms with Gasteiger partial charge in [0.05, 0.1) is 0 Å². The average Bonchev–Trinajstić information content (AvgIpc) is 2.29. The van der Waals surface area contributed by atoms with Crippen LogP contribution in [0.3, 0.4) is 0 Å². The van der Waals surface area contributed by atoms with Gasteiger partial charge in [-0.25, -0.2) is 4.39 Å². The lowest BCUT2D eigenvalue weighted by atomic mass is 10.0. The van der Waals surface area contributed by atoms with Crippen LogP contribution in [-0.2, 0) is 0 Å². The monoisotopic (exact) mass is 234 g/mol. The van der Waals surface area contributed by atoms with Crippen LogP contribution >= 0.6 is 11.6 Å². The average molecular weight is 235 g/mol. The molecule has 0 saturated heterocycles. The Balaban J connectivity index is 2.62. The summed E-state index contributed by atoms with van der Waals surface area (Å²) in [7, 11) is 0. The van der Waals surface area contributed by atoms with Crippen LogP contribution in [-0.4, -0.2) is 6.29 Å². The molecule has 0 aliphatic carbocycles. The summed E-state index contributed by atoms with van der Waals surface area (Å²) in [5.74, 6) is -0.374. The zero-order valence-electron chi connectivity index (χ0n) is 8.28. The van der Waals surface area contributed by atoms with Crippen molar-refractivity contribution in [2.24, 2.45) is 0 Å². The van der Waals surface area contributed by atoms with Gasteiger partial charge in [-0.15, -0.1) is 0 Å². The second kappa shape index (κ2) is 4.45. The van der Waals surface area contributed by atoms with Crippen LogP contribution in [0.5, 0.6) is 0 Å². The molecule has 0 aliphatic rings. The van der Waals surface area contributed by atoms with Crippen molar-refractivity contribution in [3.05, 3.63) is 58.9 Å². The Morgan fingerprint density at radius 1 is 1.12 bits per heavy atom. The highest BCUT2D eigenvalue weighted by molar-refractivity contribution is 6.30. The Morgan fingerprint density at radius 2 is 1.94 bits per heavy atom. The summed E-state index contributed by atoms with van der Waals surface area (Å²) >= 11 is 5.85. The molecule has 0 aliphatic heterocycles. The van der Waals surface area contributed by atoms with Crippen LogP contribution < -0.4 is 0 Å². The molecule has 16 heavy (non-hydrogen) atoms. The van der Waals surface area contributed by atoms with Gasteiger partial charge in [-0.05, 0) is 41.5 Å². The van der Waals surface area contributed by atoms with E-state index in [0.717, 1.165) is 5.56 Å². The van der Waals surface area contributed by atoms with Crippen LogP contribution in [0.15, 0.2) is 42.5 Å². The number of rotatable bonds is 2. The zero-order valence-corrected chi connectivity index (χ0v) is 9.04. The van der Waals surface area contributed by atoms with Crippen molar-refractivity contribution in [2.45, 2.75) is 0 Å². The Hall–Kier alpha value is -1.67. The molecule has 0 spiro atoms. The van der Waals surface area contributed by atoms with E-state index in [2.05, 4.69) is 0 Å². The standard InChI is InChI=1S/C13H8ClFO/c14-11-3-1-2-9(6-11)13-7-12(15)5-4-10(13)8-16/h1-8H. The number of carbonyl (C=O) groups is 1. The molecule has 80 valence electrons. The van der Waals surface area contributed by atoms with E-state index in [4.69, 9.17) is 11.6 Å². The molecule has 2 aromatic rings. The molecule has 0 unspecified atom stereocenters. The number of halogens is 2. The first-order chi connectivity index (χ1) is 7.70. The lowest BCUT2D eigenvalue weighted by Crippen LogP contribution is -1.89. The molecule has 0 saturated carbocycles. The number of hydrogen-bond donors (Lipinski definition) is 0. The van der Waals surface area contributed by atoms with Crippen molar-refractivity contribution in [1.29, 1.82) is 0 Å². The molecule has 0 fully saturated rings. The zero-order chi connectivity index (χ0) is 11.5. The van der Waals surface area contributed by atoms with Gasteiger partial charge < -0.3 is 0 Å². The van der Waals surface area contributed by atoms with E-state index < -0.39 is 0 Å². The Morgan fingerprint density at radius 3 is 2.62 bits per heavy atom. The maximum atomic E-state index is 13.1. The molecule has 0 amide bonds. The second-order valence-electron chi connectivity index (χ2n) is 3.36. The van der Waals surface area contributed by atoms with E-state index in [1.54, 1.807) is 24.3 Å². The van der Waals surface area contributed by atoms with Gasteiger partial charge in [0.2, 0.25) is 0 Å². The summed E-state index contributed by atoms with van der Waals surface area (Å²) in [6, 6.07) is 11.0. The molecule has 0 N–H and O–H groups in total. The van der Waals surface area contributed by atoms with Gasteiger partial charge in [0, 0.05) is 10.6 Å². The van der Waals surface area contributed by atoms with Crippen LogP contribution in [0.4, 0.5) is 4.39 Å². The van der Waals surface area contributed by atoms with Crippen molar-refractivity contribution in [3.63, 3.8) is 0 Å². The van der Waals surface area contributed by atoms with Crippen LogP contribution in [0.25, 0.3) is 11.1 Å². The van der Waals surface area contributed by atoms with E-state index in [9.17, 15) is 9.18 Å². The fourth-order valence-electron chi connectivity index (χ4n) is 1.54. The first-order valence-corrected chi connectivity index (χ1v) is 5.09. The number of benzene rings is 2. The normalized spacial score (nSPS) is 10.1. The van der Waals surface area contributed by atoms with Crippen molar-refractivity contribution >= 4 is 17.9 Å². The quantitative estimate of drug-likeness (QED) is 0.719. The fraction of sp³-hybridized carbons (Fsp3) is 0. The van der Waals surface area contributed by atoms with E-state index >= 15 is 0 Å². The summed E-state index contributed by atoms with van der Waals surface area (Å²) in [6.45, 7) is 0. The minimum Gasteiger partial charge on any atom is -0.298 e. The van der Waals surface area contributed by atoms with Crippen molar-refractivity contribution in [2.75, 3.05) is 0 Å². The summed E-state index contributed by atoms with van der Waals surface area (Å²) in [6.07, 6.45) is 0.704. The molecular weight excluding hydrogens is 227 g/mol. The Bertz CT molecular complexity index is 537.